The van der Waals surface area contributed by atoms with Crippen LogP contribution in [0.4, 0.5) is 0 Å². The second-order valence-electron chi connectivity index (χ2n) is 8.82. The molecule has 1 aliphatic heterocycles. The molecule has 2 saturated carbocycles. The number of nitrogens with zero attached hydrogens (tertiary/aromatic N) is 3. The van der Waals surface area contributed by atoms with Crippen molar-refractivity contribution >= 4 is 21.7 Å². The molecule has 2 fully saturated rings. The van der Waals surface area contributed by atoms with Crippen molar-refractivity contribution in [1.29, 1.82) is 5.26 Å². The monoisotopic (exact) mass is 453 g/mol. The third-order valence-corrected chi connectivity index (χ3v) is 9.70. The second-order valence-corrected chi connectivity index (χ2v) is 11.4. The molecular formula is C22H23N5O4S. The van der Waals surface area contributed by atoms with Gasteiger partial charge in [0.05, 0.1) is 21.6 Å². The van der Waals surface area contributed by atoms with Gasteiger partial charge in [0.1, 0.15) is 5.69 Å². The first-order valence-corrected chi connectivity index (χ1v) is 12.3. The number of rotatable bonds is 7. The Morgan fingerprint density at radius 1 is 1.28 bits per heavy atom. The van der Waals surface area contributed by atoms with Gasteiger partial charge in [0.25, 0.3) is 11.8 Å². The van der Waals surface area contributed by atoms with Crippen LogP contribution in [0.25, 0.3) is 0 Å². The Labute approximate surface area is 185 Å². The lowest BCUT2D eigenvalue weighted by Crippen LogP contribution is -2.46. The average Bonchev–Trinajstić information content (AvgIpc) is 3.72. The summed E-state index contributed by atoms with van der Waals surface area (Å²) in [4.78, 5) is 27.3. The molecule has 1 aromatic heterocycles. The molecule has 0 bridgehead atoms. The number of hydrogen-bond acceptors (Lipinski definition) is 6. The number of amides is 2. The summed E-state index contributed by atoms with van der Waals surface area (Å²) < 4.78 is 24.8. The van der Waals surface area contributed by atoms with Gasteiger partial charge in [0, 0.05) is 25.2 Å². The zero-order valence-electron chi connectivity index (χ0n) is 17.4. The lowest BCUT2D eigenvalue weighted by Gasteiger charge is -2.30. The summed E-state index contributed by atoms with van der Waals surface area (Å²) in [5, 5.41) is 18.2. The van der Waals surface area contributed by atoms with Crippen molar-refractivity contribution in [3.05, 3.63) is 52.3 Å². The Bertz CT molecular complexity index is 1230. The van der Waals surface area contributed by atoms with Crippen molar-refractivity contribution in [3.63, 3.8) is 0 Å². The molecule has 2 amide bonds. The molecule has 5 rings (SSSR count). The first-order chi connectivity index (χ1) is 15.3. The molecular weight excluding hydrogens is 430 g/mol. The fraction of sp³-hybridized carbons (Fsp3) is 0.455. The van der Waals surface area contributed by atoms with Gasteiger partial charge in [-0.1, -0.05) is 12.1 Å². The fourth-order valence-electron chi connectivity index (χ4n) is 4.35. The molecule has 3 aliphatic rings. The van der Waals surface area contributed by atoms with Gasteiger partial charge >= 0.3 is 0 Å². The smallest absolute Gasteiger partial charge is 0.272 e. The predicted molar refractivity (Wildman–Crippen MR) is 114 cm³/mol. The number of aromatic nitrogens is 2. The quantitative estimate of drug-likeness (QED) is 0.649. The minimum absolute atomic E-state index is 0.188. The van der Waals surface area contributed by atoms with E-state index in [2.05, 4.69) is 15.5 Å². The molecule has 10 heteroatoms. The van der Waals surface area contributed by atoms with E-state index in [1.807, 2.05) is 6.07 Å². The third kappa shape index (κ3) is 3.46. The Kier molecular flexibility index (Phi) is 4.82. The normalized spacial score (nSPS) is 19.2. The van der Waals surface area contributed by atoms with Crippen LogP contribution in [-0.2, 0) is 22.8 Å². The number of carbonyl (C=O) groups is 2. The number of hydrogen-bond donors (Lipinski definition) is 2. The number of carbonyl (C=O) groups excluding carboxylic acids is 2. The standard InChI is InChI=1S/C22H23N5O4S/c23-11-14-1-3-15(4-2-14)12-24-20(28)18-17-7-10-27(21(29)19(17)26-25-18)13-22(8-9-22)32(30,31)16-5-6-16/h1-4,16H,5-10,12-13H2,(H,24,28)(H,25,26). The van der Waals surface area contributed by atoms with E-state index >= 15 is 0 Å². The molecule has 2 aromatic rings. The van der Waals surface area contributed by atoms with Crippen LogP contribution in [0.3, 0.4) is 0 Å². The number of H-pyrrole nitrogens is 1. The fourth-order valence-corrected chi connectivity index (χ4v) is 6.82. The van der Waals surface area contributed by atoms with Crippen molar-refractivity contribution in [2.75, 3.05) is 13.1 Å². The van der Waals surface area contributed by atoms with E-state index < -0.39 is 14.6 Å². The molecule has 2 heterocycles. The van der Waals surface area contributed by atoms with E-state index in [0.29, 0.717) is 36.9 Å². The van der Waals surface area contributed by atoms with Gasteiger partial charge in [0.15, 0.2) is 15.5 Å². The molecule has 32 heavy (non-hydrogen) atoms. The summed E-state index contributed by atoms with van der Waals surface area (Å²) >= 11 is 0. The summed E-state index contributed by atoms with van der Waals surface area (Å²) in [6.07, 6.45) is 3.10. The maximum atomic E-state index is 13.0. The molecule has 9 nitrogen and oxygen atoms in total. The van der Waals surface area contributed by atoms with E-state index in [-0.39, 0.29) is 41.5 Å². The van der Waals surface area contributed by atoms with Crippen molar-refractivity contribution in [3.8, 4) is 6.07 Å². The van der Waals surface area contributed by atoms with Crippen molar-refractivity contribution in [1.82, 2.24) is 20.4 Å². The molecule has 0 unspecified atom stereocenters. The van der Waals surface area contributed by atoms with Crippen LogP contribution >= 0.6 is 0 Å². The van der Waals surface area contributed by atoms with Crippen LogP contribution in [0.2, 0.25) is 0 Å². The molecule has 0 radical (unpaired) electrons. The van der Waals surface area contributed by atoms with Crippen LogP contribution in [-0.4, -0.2) is 58.4 Å². The zero-order valence-corrected chi connectivity index (χ0v) is 18.2. The molecule has 166 valence electrons. The number of fused-ring (bicyclic) bond motifs is 1. The van der Waals surface area contributed by atoms with Crippen LogP contribution in [0.5, 0.6) is 0 Å². The number of sulfone groups is 1. The Morgan fingerprint density at radius 2 is 2.00 bits per heavy atom. The highest BCUT2D eigenvalue weighted by atomic mass is 32.2. The van der Waals surface area contributed by atoms with E-state index in [1.54, 1.807) is 29.2 Å². The summed E-state index contributed by atoms with van der Waals surface area (Å²) in [6, 6.07) is 8.95. The van der Waals surface area contributed by atoms with Crippen LogP contribution in [0.15, 0.2) is 24.3 Å². The van der Waals surface area contributed by atoms with E-state index in [1.165, 1.54) is 0 Å². The van der Waals surface area contributed by atoms with Crippen molar-refractivity contribution < 1.29 is 18.0 Å². The lowest BCUT2D eigenvalue weighted by molar-refractivity contribution is 0.0730. The van der Waals surface area contributed by atoms with Gasteiger partial charge in [0.2, 0.25) is 0 Å². The summed E-state index contributed by atoms with van der Waals surface area (Å²) in [5.41, 5.74) is 2.41. The summed E-state index contributed by atoms with van der Waals surface area (Å²) in [5.74, 6) is -0.690. The largest absolute Gasteiger partial charge is 0.347 e. The maximum Gasteiger partial charge on any atom is 0.272 e. The highest BCUT2D eigenvalue weighted by Crippen LogP contribution is 2.50. The van der Waals surface area contributed by atoms with E-state index in [9.17, 15) is 18.0 Å². The highest BCUT2D eigenvalue weighted by molar-refractivity contribution is 7.94. The highest BCUT2D eigenvalue weighted by Gasteiger charge is 2.60. The molecule has 1 aromatic carbocycles. The molecule has 0 saturated heterocycles. The van der Waals surface area contributed by atoms with E-state index in [0.717, 1.165) is 18.4 Å². The predicted octanol–water partition coefficient (Wildman–Crippen LogP) is 1.32. The summed E-state index contributed by atoms with van der Waals surface area (Å²) in [7, 11) is -3.20. The zero-order chi connectivity index (χ0) is 22.5. The van der Waals surface area contributed by atoms with Crippen LogP contribution in [0, 0.1) is 11.3 Å². The Balaban J connectivity index is 1.26. The van der Waals surface area contributed by atoms with Gasteiger partial charge in [-0.2, -0.15) is 10.4 Å². The van der Waals surface area contributed by atoms with Gasteiger partial charge in [-0.15, -0.1) is 0 Å². The number of benzene rings is 1. The van der Waals surface area contributed by atoms with Crippen LogP contribution in [0.1, 0.15) is 63.4 Å². The lowest BCUT2D eigenvalue weighted by atomic mass is 10.0. The van der Waals surface area contributed by atoms with Gasteiger partial charge < -0.3 is 10.2 Å². The Hall–Kier alpha value is -3.19. The minimum atomic E-state index is -3.20. The van der Waals surface area contributed by atoms with Gasteiger partial charge in [-0.25, -0.2) is 8.42 Å². The second kappa shape index (κ2) is 7.45. The first kappa shape index (κ1) is 20.7. The molecule has 0 spiro atoms. The molecule has 2 aliphatic carbocycles. The van der Waals surface area contributed by atoms with Gasteiger partial charge in [-0.05, 0) is 49.8 Å². The Morgan fingerprint density at radius 3 is 2.62 bits per heavy atom. The maximum absolute atomic E-state index is 13.0. The van der Waals surface area contributed by atoms with Crippen molar-refractivity contribution in [2.45, 2.75) is 48.6 Å². The number of aromatic amines is 1. The first-order valence-electron chi connectivity index (χ1n) is 10.7. The molecule has 0 atom stereocenters. The van der Waals surface area contributed by atoms with Crippen molar-refractivity contribution in [2.24, 2.45) is 0 Å². The van der Waals surface area contributed by atoms with Crippen LogP contribution < -0.4 is 5.32 Å². The third-order valence-electron chi connectivity index (χ3n) is 6.60. The minimum Gasteiger partial charge on any atom is -0.347 e. The molecule has 2 N–H and O–H groups in total. The van der Waals surface area contributed by atoms with Gasteiger partial charge in [-0.3, -0.25) is 14.7 Å². The number of nitriles is 1. The number of nitrogens with one attached hydrogen (secondary N) is 2. The average molecular weight is 454 g/mol. The SMILES string of the molecule is N#Cc1ccc(CNC(=O)c2n[nH]c3c2CCN(CC2(S(=O)(=O)C4CC4)CC2)C3=O)cc1. The summed E-state index contributed by atoms with van der Waals surface area (Å²) in [6.45, 7) is 0.848. The van der Waals surface area contributed by atoms with E-state index in [4.69, 9.17) is 5.26 Å². The topological polar surface area (TPSA) is 136 Å².